The molecule has 0 radical (unpaired) electrons. The fourth-order valence-corrected chi connectivity index (χ4v) is 8.24. The summed E-state index contributed by atoms with van der Waals surface area (Å²) in [6, 6.07) is 0. The van der Waals surface area contributed by atoms with Gasteiger partial charge in [0.15, 0.2) is 12.4 Å². The monoisotopic (exact) mass is 883 g/mol. The summed E-state index contributed by atoms with van der Waals surface area (Å²) in [7, 11) is 0. The van der Waals surface area contributed by atoms with Crippen molar-refractivity contribution in [3.8, 4) is 0 Å². The first kappa shape index (κ1) is 58.5. The van der Waals surface area contributed by atoms with Gasteiger partial charge in [0.05, 0.1) is 13.2 Å². The van der Waals surface area contributed by atoms with Gasteiger partial charge in [0.25, 0.3) is 0 Å². The van der Waals surface area contributed by atoms with Crippen LogP contribution in [0.3, 0.4) is 0 Å². The molecule has 0 aromatic rings. The first-order valence-corrected chi connectivity index (χ1v) is 26.3. The molecule has 0 amide bonds. The molecule has 0 saturated carbocycles. The Bertz CT molecular complexity index is 1020. The van der Waals surface area contributed by atoms with E-state index in [2.05, 4.69) is 26.0 Å². The lowest BCUT2D eigenvalue weighted by atomic mass is 9.99. The number of rotatable bonds is 45. The Morgan fingerprint density at radius 1 is 0.484 bits per heavy atom. The van der Waals surface area contributed by atoms with Gasteiger partial charge in [-0.15, -0.1) is 0 Å². The van der Waals surface area contributed by atoms with Crippen LogP contribution >= 0.6 is 0 Å². The van der Waals surface area contributed by atoms with Crippen LogP contribution in [-0.4, -0.2) is 89.0 Å². The van der Waals surface area contributed by atoms with Crippen molar-refractivity contribution in [2.24, 2.45) is 0 Å². The summed E-state index contributed by atoms with van der Waals surface area (Å²) in [6.45, 7) is 3.47. The Labute approximate surface area is 380 Å². The summed E-state index contributed by atoms with van der Waals surface area (Å²) in [4.78, 5) is 25.5. The maximum Gasteiger partial charge on any atom is 0.306 e. The van der Waals surface area contributed by atoms with E-state index in [0.29, 0.717) is 6.42 Å². The van der Waals surface area contributed by atoms with Crippen molar-refractivity contribution in [1.29, 1.82) is 0 Å². The van der Waals surface area contributed by atoms with Gasteiger partial charge in [0, 0.05) is 12.8 Å². The van der Waals surface area contributed by atoms with Gasteiger partial charge in [-0.3, -0.25) is 9.59 Å². The first-order chi connectivity index (χ1) is 30.3. The van der Waals surface area contributed by atoms with Crippen LogP contribution in [0.25, 0.3) is 0 Å². The minimum Gasteiger partial charge on any atom is -0.462 e. The predicted molar refractivity (Wildman–Crippen MR) is 252 cm³/mol. The summed E-state index contributed by atoms with van der Waals surface area (Å²) in [6.07, 6.45) is 40.7. The van der Waals surface area contributed by atoms with Crippen molar-refractivity contribution >= 4 is 11.9 Å². The van der Waals surface area contributed by atoms with Crippen LogP contribution in [0.15, 0.2) is 12.2 Å². The average molecular weight is 883 g/mol. The highest BCUT2D eigenvalue weighted by Crippen LogP contribution is 2.23. The van der Waals surface area contributed by atoms with Crippen LogP contribution in [0, 0.1) is 0 Å². The van der Waals surface area contributed by atoms with E-state index in [0.717, 1.165) is 38.5 Å². The number of carbonyl (C=O) groups excluding carboxylic acids is 2. The van der Waals surface area contributed by atoms with Crippen LogP contribution in [0.4, 0.5) is 0 Å². The molecule has 1 rings (SSSR count). The molecule has 10 nitrogen and oxygen atoms in total. The number of unbranched alkanes of at least 4 members (excludes halogenated alkanes) is 32. The molecule has 0 aromatic carbocycles. The van der Waals surface area contributed by atoms with Crippen molar-refractivity contribution in [3.05, 3.63) is 12.2 Å². The van der Waals surface area contributed by atoms with Crippen molar-refractivity contribution in [2.75, 3.05) is 19.8 Å². The zero-order valence-corrected chi connectivity index (χ0v) is 40.1. The maximum absolute atomic E-state index is 12.8. The van der Waals surface area contributed by atoms with Crippen LogP contribution in [0.1, 0.15) is 251 Å². The second-order valence-electron chi connectivity index (χ2n) is 18.3. The fraction of sp³-hybridized carbons (Fsp3) is 0.923. The number of hydrogen-bond acceptors (Lipinski definition) is 10. The number of aliphatic hydroxyl groups is 4. The summed E-state index contributed by atoms with van der Waals surface area (Å²) in [5, 5.41) is 40.2. The van der Waals surface area contributed by atoms with E-state index < -0.39 is 49.4 Å². The summed E-state index contributed by atoms with van der Waals surface area (Å²) in [5.41, 5.74) is 0. The molecular weight excluding hydrogens is 785 g/mol. The molecule has 6 atom stereocenters. The summed E-state index contributed by atoms with van der Waals surface area (Å²) >= 11 is 0. The molecule has 62 heavy (non-hydrogen) atoms. The van der Waals surface area contributed by atoms with E-state index in [1.165, 1.54) is 180 Å². The van der Waals surface area contributed by atoms with E-state index in [1.807, 2.05) is 0 Å². The Balaban J connectivity index is 2.24. The standard InChI is InChI=1S/C52H98O10/c1-3-5-7-9-11-13-15-17-19-21-23-25-26-28-30-32-34-36-38-40-47(54)59-43-45(44-60-52-51(58)50(57)49(56)46(42-53)62-52)61-48(55)41-39-37-35-33-31-29-27-24-22-20-18-16-14-12-10-8-6-4-2/h17,19,45-46,49-53,56-58H,3-16,18,20-44H2,1-2H3/b19-17+/t45-,46-,49+,50?,51?,52-/m0/s1. The van der Waals surface area contributed by atoms with Gasteiger partial charge in [-0.1, -0.05) is 212 Å². The molecule has 366 valence electrons. The Morgan fingerprint density at radius 2 is 0.855 bits per heavy atom. The number of carbonyl (C=O) groups is 2. The zero-order chi connectivity index (χ0) is 45.1. The van der Waals surface area contributed by atoms with Crippen molar-refractivity contribution in [3.63, 3.8) is 0 Å². The normalized spacial score (nSPS) is 19.6. The molecule has 1 aliphatic rings. The number of hydrogen-bond donors (Lipinski definition) is 4. The largest absolute Gasteiger partial charge is 0.462 e. The highest BCUT2D eigenvalue weighted by molar-refractivity contribution is 5.70. The number of aliphatic hydroxyl groups excluding tert-OH is 4. The topological polar surface area (TPSA) is 152 Å². The van der Waals surface area contributed by atoms with E-state index in [9.17, 15) is 30.0 Å². The van der Waals surface area contributed by atoms with Gasteiger partial charge in [-0.25, -0.2) is 0 Å². The molecule has 1 saturated heterocycles. The molecule has 1 aliphatic heterocycles. The zero-order valence-electron chi connectivity index (χ0n) is 40.1. The van der Waals surface area contributed by atoms with Gasteiger partial charge >= 0.3 is 11.9 Å². The van der Waals surface area contributed by atoms with Gasteiger partial charge in [0.2, 0.25) is 0 Å². The first-order valence-electron chi connectivity index (χ1n) is 26.3. The second-order valence-corrected chi connectivity index (χ2v) is 18.3. The SMILES string of the molecule is CCCCCCCC/C=C/CCCCCCCCCCCC(=O)OC[C@@H](CO[C@H]1O[C@@H](CO)[C@@H](O)C(O)C1O)OC(=O)CCCCCCCCCCCCCCCCCCCC. The molecule has 0 aliphatic carbocycles. The van der Waals surface area contributed by atoms with Gasteiger partial charge < -0.3 is 39.4 Å². The molecule has 2 unspecified atom stereocenters. The van der Waals surface area contributed by atoms with Gasteiger partial charge in [-0.2, -0.15) is 0 Å². The molecule has 4 N–H and O–H groups in total. The van der Waals surface area contributed by atoms with Gasteiger partial charge in [-0.05, 0) is 38.5 Å². The quantitative estimate of drug-likeness (QED) is 0.0264. The average Bonchev–Trinajstić information content (AvgIpc) is 3.27. The Morgan fingerprint density at radius 3 is 1.26 bits per heavy atom. The van der Waals surface area contributed by atoms with Gasteiger partial charge in [0.1, 0.15) is 31.0 Å². The van der Waals surface area contributed by atoms with E-state index >= 15 is 0 Å². The van der Waals surface area contributed by atoms with Crippen LogP contribution < -0.4 is 0 Å². The number of esters is 2. The highest BCUT2D eigenvalue weighted by Gasteiger charge is 2.44. The third-order valence-corrected chi connectivity index (χ3v) is 12.4. The van der Waals surface area contributed by atoms with Crippen LogP contribution in [0.2, 0.25) is 0 Å². The summed E-state index contributed by atoms with van der Waals surface area (Å²) in [5.74, 6) is -0.793. The third-order valence-electron chi connectivity index (χ3n) is 12.4. The lowest BCUT2D eigenvalue weighted by Crippen LogP contribution is -2.59. The number of allylic oxidation sites excluding steroid dienone is 2. The molecular formula is C52H98O10. The number of ether oxygens (including phenoxy) is 4. The van der Waals surface area contributed by atoms with Crippen molar-refractivity contribution in [1.82, 2.24) is 0 Å². The van der Waals surface area contributed by atoms with Crippen LogP contribution in [0.5, 0.6) is 0 Å². The third kappa shape index (κ3) is 33.9. The van der Waals surface area contributed by atoms with Crippen molar-refractivity contribution < 1.29 is 49.0 Å². The molecule has 1 fully saturated rings. The molecule has 0 bridgehead atoms. The smallest absolute Gasteiger partial charge is 0.306 e. The van der Waals surface area contributed by atoms with E-state index in [1.54, 1.807) is 0 Å². The molecule has 10 heteroatoms. The maximum atomic E-state index is 12.8. The lowest BCUT2D eigenvalue weighted by molar-refractivity contribution is -0.305. The second kappa shape index (κ2) is 43.3. The minimum atomic E-state index is -1.59. The molecule has 0 spiro atoms. The molecule has 0 aromatic heterocycles. The highest BCUT2D eigenvalue weighted by atomic mass is 16.7. The van der Waals surface area contributed by atoms with Crippen molar-refractivity contribution in [2.45, 2.75) is 288 Å². The fourth-order valence-electron chi connectivity index (χ4n) is 8.24. The molecule has 1 heterocycles. The van der Waals surface area contributed by atoms with Crippen LogP contribution in [-0.2, 0) is 28.5 Å². The Kier molecular flexibility index (Phi) is 40.9. The van der Waals surface area contributed by atoms with E-state index in [4.69, 9.17) is 18.9 Å². The summed E-state index contributed by atoms with van der Waals surface area (Å²) < 4.78 is 22.3. The van der Waals surface area contributed by atoms with E-state index in [-0.39, 0.29) is 32.0 Å². The minimum absolute atomic E-state index is 0.212. The lowest BCUT2D eigenvalue weighted by Gasteiger charge is -2.39. The Hall–Kier alpha value is -1.56. The predicted octanol–water partition coefficient (Wildman–Crippen LogP) is 12.3.